The van der Waals surface area contributed by atoms with Gasteiger partial charge in [0.05, 0.1) is 17.2 Å². The quantitative estimate of drug-likeness (QED) is 0.888. The highest BCUT2D eigenvalue weighted by molar-refractivity contribution is 7.09. The molecule has 0 aliphatic rings. The maximum atomic E-state index is 11.6. The van der Waals surface area contributed by atoms with Gasteiger partial charge in [0.25, 0.3) is 0 Å². The Labute approximate surface area is 93.4 Å². The molecule has 1 rings (SSSR count). The number of amides is 1. The molecule has 1 amide bonds. The zero-order chi connectivity index (χ0) is 12.2. The molecule has 0 fully saturated rings. The van der Waals surface area contributed by atoms with E-state index >= 15 is 0 Å². The van der Waals surface area contributed by atoms with Crippen LogP contribution in [-0.2, 0) is 16.1 Å². The highest BCUT2D eigenvalue weighted by Crippen LogP contribution is 2.15. The van der Waals surface area contributed by atoms with E-state index in [-0.39, 0.29) is 6.54 Å². The van der Waals surface area contributed by atoms with Gasteiger partial charge in [0.2, 0.25) is 5.91 Å². The number of nitrogens with zero attached hydrogens (tertiary/aromatic N) is 1. The number of hydrogen-bond acceptors (Lipinski definition) is 4. The fraction of sp³-hybridized carbons (Fsp3) is 0.500. The van der Waals surface area contributed by atoms with E-state index in [2.05, 4.69) is 15.0 Å². The SMILES string of the molecule is Cc1nc(CNC(=O)COC(F)(F)F)cs1. The Morgan fingerprint density at radius 1 is 1.62 bits per heavy atom. The number of ether oxygens (including phenoxy) is 1. The molecule has 0 saturated carbocycles. The minimum absolute atomic E-state index is 0.102. The third-order valence-electron chi connectivity index (χ3n) is 1.50. The summed E-state index contributed by atoms with van der Waals surface area (Å²) in [6, 6.07) is 0. The molecule has 16 heavy (non-hydrogen) atoms. The molecule has 1 heterocycles. The highest BCUT2D eigenvalue weighted by atomic mass is 32.1. The lowest BCUT2D eigenvalue weighted by Crippen LogP contribution is -2.30. The molecule has 1 N–H and O–H groups in total. The number of carbonyl (C=O) groups is 1. The van der Waals surface area contributed by atoms with E-state index in [0.717, 1.165) is 5.01 Å². The second-order valence-electron chi connectivity index (χ2n) is 2.87. The van der Waals surface area contributed by atoms with Crippen molar-refractivity contribution in [1.29, 1.82) is 0 Å². The molecule has 8 heteroatoms. The summed E-state index contributed by atoms with van der Waals surface area (Å²) in [5.74, 6) is -0.831. The van der Waals surface area contributed by atoms with Crippen LogP contribution in [0, 0.1) is 6.92 Å². The van der Waals surface area contributed by atoms with E-state index in [4.69, 9.17) is 0 Å². The highest BCUT2D eigenvalue weighted by Gasteiger charge is 2.30. The molecule has 1 aromatic heterocycles. The monoisotopic (exact) mass is 254 g/mol. The van der Waals surface area contributed by atoms with E-state index in [0.29, 0.717) is 5.69 Å². The van der Waals surface area contributed by atoms with Crippen molar-refractivity contribution in [2.24, 2.45) is 0 Å². The Morgan fingerprint density at radius 2 is 2.31 bits per heavy atom. The lowest BCUT2D eigenvalue weighted by atomic mass is 10.4. The Morgan fingerprint density at radius 3 is 2.81 bits per heavy atom. The molecule has 0 aliphatic heterocycles. The normalized spacial score (nSPS) is 11.5. The van der Waals surface area contributed by atoms with E-state index in [9.17, 15) is 18.0 Å². The number of alkyl halides is 3. The summed E-state index contributed by atoms with van der Waals surface area (Å²) in [5.41, 5.74) is 0.614. The third-order valence-corrected chi connectivity index (χ3v) is 2.32. The lowest BCUT2D eigenvalue weighted by Gasteiger charge is -2.07. The van der Waals surface area contributed by atoms with Crippen LogP contribution in [0.2, 0.25) is 0 Å². The number of hydrogen-bond donors (Lipinski definition) is 1. The number of aryl methyl sites for hydroxylation is 1. The summed E-state index contributed by atoms with van der Waals surface area (Å²) < 4.78 is 38.1. The summed E-state index contributed by atoms with van der Waals surface area (Å²) in [6.45, 7) is 0.861. The van der Waals surface area contributed by atoms with Crippen LogP contribution in [0.15, 0.2) is 5.38 Å². The van der Waals surface area contributed by atoms with Crippen molar-refractivity contribution in [2.75, 3.05) is 6.61 Å². The second-order valence-corrected chi connectivity index (χ2v) is 3.93. The van der Waals surface area contributed by atoms with Crippen LogP contribution >= 0.6 is 11.3 Å². The molecule has 0 atom stereocenters. The van der Waals surface area contributed by atoms with Crippen molar-refractivity contribution in [3.8, 4) is 0 Å². The molecule has 0 radical (unpaired) electrons. The van der Waals surface area contributed by atoms with E-state index in [1.54, 1.807) is 12.3 Å². The maximum absolute atomic E-state index is 11.6. The zero-order valence-electron chi connectivity index (χ0n) is 8.30. The van der Waals surface area contributed by atoms with Crippen molar-refractivity contribution >= 4 is 17.2 Å². The topological polar surface area (TPSA) is 51.2 Å². The van der Waals surface area contributed by atoms with Gasteiger partial charge < -0.3 is 5.32 Å². The number of thiazole rings is 1. The fourth-order valence-electron chi connectivity index (χ4n) is 0.877. The number of carbonyl (C=O) groups excluding carboxylic acids is 1. The van der Waals surface area contributed by atoms with Gasteiger partial charge in [-0.05, 0) is 6.92 Å². The molecule has 0 spiro atoms. The average Bonchev–Trinajstić information content (AvgIpc) is 2.57. The van der Waals surface area contributed by atoms with Crippen LogP contribution in [0.4, 0.5) is 13.2 Å². The molecular weight excluding hydrogens is 245 g/mol. The molecule has 1 aromatic rings. The summed E-state index contributed by atoms with van der Waals surface area (Å²) in [4.78, 5) is 14.9. The van der Waals surface area contributed by atoms with Crippen molar-refractivity contribution < 1.29 is 22.7 Å². The Bertz CT molecular complexity index is 364. The van der Waals surface area contributed by atoms with Gasteiger partial charge in [-0.15, -0.1) is 24.5 Å². The summed E-state index contributed by atoms with van der Waals surface area (Å²) >= 11 is 1.40. The van der Waals surface area contributed by atoms with Crippen LogP contribution in [0.3, 0.4) is 0 Å². The van der Waals surface area contributed by atoms with Gasteiger partial charge in [-0.25, -0.2) is 4.98 Å². The van der Waals surface area contributed by atoms with Crippen molar-refractivity contribution in [3.05, 3.63) is 16.1 Å². The largest absolute Gasteiger partial charge is 0.523 e. The van der Waals surface area contributed by atoms with E-state index < -0.39 is 18.9 Å². The van der Waals surface area contributed by atoms with E-state index in [1.807, 2.05) is 0 Å². The van der Waals surface area contributed by atoms with E-state index in [1.165, 1.54) is 11.3 Å². The standard InChI is InChI=1S/C8H9F3N2O2S/c1-5-13-6(4-16-5)2-12-7(14)3-15-8(9,10)11/h4H,2-3H2,1H3,(H,12,14). The minimum Gasteiger partial charge on any atom is -0.348 e. The summed E-state index contributed by atoms with van der Waals surface area (Å²) in [7, 11) is 0. The predicted molar refractivity (Wildman–Crippen MR) is 50.7 cm³/mol. The smallest absolute Gasteiger partial charge is 0.348 e. The fourth-order valence-corrected chi connectivity index (χ4v) is 1.49. The number of halogens is 3. The maximum Gasteiger partial charge on any atom is 0.523 e. The third kappa shape index (κ3) is 5.08. The molecule has 0 saturated heterocycles. The molecule has 0 bridgehead atoms. The van der Waals surface area contributed by atoms with Crippen molar-refractivity contribution in [1.82, 2.24) is 10.3 Å². The first-order valence-corrected chi connectivity index (χ1v) is 5.13. The van der Waals surface area contributed by atoms with Gasteiger partial charge in [-0.2, -0.15) is 0 Å². The number of aromatic nitrogens is 1. The number of nitrogens with one attached hydrogen (secondary N) is 1. The molecule has 0 aliphatic carbocycles. The van der Waals surface area contributed by atoms with Crippen molar-refractivity contribution in [3.63, 3.8) is 0 Å². The molecule has 90 valence electrons. The second kappa shape index (κ2) is 5.26. The Balaban J connectivity index is 2.25. The number of rotatable bonds is 4. The van der Waals surface area contributed by atoms with Gasteiger partial charge in [0.1, 0.15) is 6.61 Å². The first kappa shape index (κ1) is 12.9. The zero-order valence-corrected chi connectivity index (χ0v) is 9.11. The van der Waals surface area contributed by atoms with Crippen molar-refractivity contribution in [2.45, 2.75) is 19.8 Å². The molecule has 0 unspecified atom stereocenters. The van der Waals surface area contributed by atoms with Gasteiger partial charge in [0, 0.05) is 5.38 Å². The molecule has 4 nitrogen and oxygen atoms in total. The van der Waals surface area contributed by atoms with Gasteiger partial charge in [0.15, 0.2) is 0 Å². The summed E-state index contributed by atoms with van der Waals surface area (Å²) in [6.07, 6.45) is -4.78. The van der Waals surface area contributed by atoms with Crippen LogP contribution in [0.5, 0.6) is 0 Å². The molecular formula is C8H9F3N2O2S. The van der Waals surface area contributed by atoms with Crippen LogP contribution < -0.4 is 5.32 Å². The van der Waals surface area contributed by atoms with Gasteiger partial charge in [-0.1, -0.05) is 0 Å². The van der Waals surface area contributed by atoms with Crippen LogP contribution in [-0.4, -0.2) is 23.9 Å². The minimum atomic E-state index is -4.78. The Kier molecular flexibility index (Phi) is 4.25. The van der Waals surface area contributed by atoms with Crippen LogP contribution in [0.25, 0.3) is 0 Å². The molecule has 0 aromatic carbocycles. The van der Waals surface area contributed by atoms with Gasteiger partial charge in [-0.3, -0.25) is 9.53 Å². The first-order chi connectivity index (χ1) is 7.37. The lowest BCUT2D eigenvalue weighted by molar-refractivity contribution is -0.321. The average molecular weight is 254 g/mol. The summed E-state index contributed by atoms with van der Waals surface area (Å²) in [5, 5.41) is 4.82. The first-order valence-electron chi connectivity index (χ1n) is 4.25. The predicted octanol–water partition coefficient (Wildman–Crippen LogP) is 1.60. The Hall–Kier alpha value is -1.15. The van der Waals surface area contributed by atoms with Crippen LogP contribution in [0.1, 0.15) is 10.7 Å². The van der Waals surface area contributed by atoms with Gasteiger partial charge >= 0.3 is 6.36 Å².